The fourth-order valence-corrected chi connectivity index (χ4v) is 0. The number of halogens is 3. The number of nitrogens with zero attached hydrogens (tertiary/aromatic N) is 1. The Morgan fingerprint density at radius 3 is 1.43 bits per heavy atom. The van der Waals surface area contributed by atoms with Crippen LogP contribution >= 0.6 is 35.0 Å². The molecule has 0 aromatic rings. The highest BCUT2D eigenvalue weighted by Crippen LogP contribution is 1.84. The van der Waals surface area contributed by atoms with Crippen LogP contribution in [0, 0.1) is 4.91 Å². The lowest BCUT2D eigenvalue weighted by Crippen LogP contribution is -1.46. The van der Waals surface area contributed by atoms with Gasteiger partial charge in [0.05, 0.1) is 11.8 Å². The molecule has 0 N–H and O–H groups in total. The van der Waals surface area contributed by atoms with Crippen molar-refractivity contribution in [2.75, 3.05) is 0 Å². The first-order chi connectivity index (χ1) is 3.15. The zero-order valence-corrected chi connectivity index (χ0v) is 5.17. The highest BCUT2D eigenvalue weighted by Gasteiger charge is 1.72. The van der Waals surface area contributed by atoms with Crippen LogP contribution in [0.2, 0.25) is 0 Å². The van der Waals surface area contributed by atoms with Gasteiger partial charge >= 0.3 is 4.70 Å². The van der Waals surface area contributed by atoms with Crippen molar-refractivity contribution in [2.45, 2.75) is 0 Å². The Kier molecular flexibility index (Phi) is 13.8. The van der Waals surface area contributed by atoms with Crippen molar-refractivity contribution in [1.82, 2.24) is 0 Å². The van der Waals surface area contributed by atoms with Gasteiger partial charge < -0.3 is 0 Å². The Morgan fingerprint density at radius 1 is 1.43 bits per heavy atom. The molecule has 0 atom stereocenters. The minimum atomic E-state index is -0.889. The Morgan fingerprint density at radius 2 is 1.43 bits per heavy atom. The lowest BCUT2D eigenvalue weighted by Gasteiger charge is -1.48. The van der Waals surface area contributed by atoms with E-state index < -0.39 is 4.70 Å². The first kappa shape index (κ1) is 10.2. The van der Waals surface area contributed by atoms with E-state index in [0.717, 1.165) is 0 Å². The van der Waals surface area contributed by atoms with Gasteiger partial charge in [-0.3, -0.25) is 4.79 Å². The summed E-state index contributed by atoms with van der Waals surface area (Å²) in [6, 6.07) is 0. The number of nitroso groups, excluding NO2 is 1. The number of carbonyl (C=O) groups excluding carboxylic acids is 1. The van der Waals surface area contributed by atoms with E-state index in [0.29, 0.717) is 0 Å². The highest BCUT2D eigenvalue weighted by atomic mass is 35.5. The molecular formula is CCl3NO2. The highest BCUT2D eigenvalue weighted by molar-refractivity contribution is 6.93. The zero-order chi connectivity index (χ0) is 6.28. The minimum absolute atomic E-state index is 0.889. The molecule has 0 amide bonds. The van der Waals surface area contributed by atoms with Crippen LogP contribution in [0.25, 0.3) is 0 Å². The van der Waals surface area contributed by atoms with E-state index in [9.17, 15) is 0 Å². The van der Waals surface area contributed by atoms with E-state index in [-0.39, 0.29) is 0 Å². The maximum absolute atomic E-state index is 8.98. The Balaban J connectivity index is 0. The van der Waals surface area contributed by atoms with Crippen LogP contribution in [0.5, 0.6) is 0 Å². The Bertz CT molecular complexity index is 60.0. The van der Waals surface area contributed by atoms with Crippen molar-refractivity contribution < 1.29 is 4.79 Å². The molecule has 42 valence electrons. The second kappa shape index (κ2) is 9.46. The molecule has 0 radical (unpaired) electrons. The predicted molar refractivity (Wildman–Crippen MR) is 28.8 cm³/mol. The smallest absolute Gasteiger partial charge is 0.262 e. The summed E-state index contributed by atoms with van der Waals surface area (Å²) in [5.41, 5.74) is 0. The summed E-state index contributed by atoms with van der Waals surface area (Å²) in [5.74, 6) is 0. The summed E-state index contributed by atoms with van der Waals surface area (Å²) in [7, 11) is 0. The molecule has 0 unspecified atom stereocenters. The largest absolute Gasteiger partial charge is 0.313 e. The maximum Gasteiger partial charge on any atom is 0.313 e. The van der Waals surface area contributed by atoms with Gasteiger partial charge in [-0.1, -0.05) is 0 Å². The monoisotopic (exact) mass is 163 g/mol. The van der Waals surface area contributed by atoms with Gasteiger partial charge in [-0.05, 0) is 23.2 Å². The third kappa shape index (κ3) is 5370. The number of hydrogen-bond donors (Lipinski definition) is 0. The van der Waals surface area contributed by atoms with E-state index >= 15 is 0 Å². The molecule has 7 heavy (non-hydrogen) atoms. The van der Waals surface area contributed by atoms with Crippen LogP contribution in [-0.2, 0) is 0 Å². The molecule has 0 rings (SSSR count). The van der Waals surface area contributed by atoms with Gasteiger partial charge in [-0.25, -0.2) is 0 Å². The standard InChI is InChI=1S/CCl2O.ClNO/c2-1(3)4;1-2-3. The predicted octanol–water partition coefficient (Wildman–Crippen LogP) is 2.49. The SMILES string of the molecule is O=C(Cl)Cl.O=NCl. The molecule has 0 heterocycles. The van der Waals surface area contributed by atoms with Gasteiger partial charge in [-0.15, -0.1) is 4.91 Å². The van der Waals surface area contributed by atoms with Crippen molar-refractivity contribution in [3.63, 3.8) is 0 Å². The van der Waals surface area contributed by atoms with E-state index in [1.165, 1.54) is 0 Å². The average molecular weight is 164 g/mol. The second-order valence-electron chi connectivity index (χ2n) is 0.295. The van der Waals surface area contributed by atoms with Gasteiger partial charge in [0.1, 0.15) is 0 Å². The van der Waals surface area contributed by atoms with E-state index in [2.05, 4.69) is 35.0 Å². The summed E-state index contributed by atoms with van der Waals surface area (Å²) in [5, 5.41) is 0. The number of hydrogen-bond acceptors (Lipinski definition) is 3. The molecular weight excluding hydrogens is 164 g/mol. The second-order valence-corrected chi connectivity index (χ2v) is 1.31. The van der Waals surface area contributed by atoms with Crippen LogP contribution in [0.3, 0.4) is 0 Å². The fourth-order valence-electron chi connectivity index (χ4n) is 0. The van der Waals surface area contributed by atoms with Gasteiger partial charge in [0.2, 0.25) is 0 Å². The summed E-state index contributed by atoms with van der Waals surface area (Å²) < 4.78 is 0.833. The molecule has 0 fully saturated rings. The molecule has 3 nitrogen and oxygen atoms in total. The molecule has 0 saturated carbocycles. The molecule has 0 aliphatic carbocycles. The van der Waals surface area contributed by atoms with E-state index in [1.807, 2.05) is 0 Å². The quantitative estimate of drug-likeness (QED) is 0.408. The Hall–Kier alpha value is 0.140. The average Bonchev–Trinajstić information content (AvgIpc) is 1.33. The summed E-state index contributed by atoms with van der Waals surface area (Å²) in [6.07, 6.45) is 0. The number of rotatable bonds is 0. The van der Waals surface area contributed by atoms with Gasteiger partial charge in [0.15, 0.2) is 0 Å². The third-order valence-electron chi connectivity index (χ3n) is 0. The summed E-state index contributed by atoms with van der Waals surface area (Å²) in [4.78, 5) is 17.3. The molecule has 0 aromatic carbocycles. The van der Waals surface area contributed by atoms with Crippen molar-refractivity contribution in [2.24, 2.45) is 4.70 Å². The fraction of sp³-hybridized carbons (Fsp3) is 0. The third-order valence-corrected chi connectivity index (χ3v) is 0. The minimum Gasteiger partial charge on any atom is -0.262 e. The van der Waals surface area contributed by atoms with Crippen LogP contribution < -0.4 is 0 Å². The lowest BCUT2D eigenvalue weighted by molar-refractivity contribution is 0.275. The molecule has 0 spiro atoms. The van der Waals surface area contributed by atoms with Crippen LogP contribution in [-0.4, -0.2) is 4.70 Å². The van der Waals surface area contributed by atoms with Gasteiger partial charge in [0.25, 0.3) is 0 Å². The van der Waals surface area contributed by atoms with E-state index in [1.54, 1.807) is 4.70 Å². The first-order valence-corrected chi connectivity index (χ1v) is 2.03. The summed E-state index contributed by atoms with van der Waals surface area (Å²) in [6.45, 7) is 0. The van der Waals surface area contributed by atoms with Crippen molar-refractivity contribution in [3.8, 4) is 0 Å². The molecule has 0 bridgehead atoms. The molecule has 0 saturated heterocycles. The van der Waals surface area contributed by atoms with Gasteiger partial charge in [-0.2, -0.15) is 0 Å². The van der Waals surface area contributed by atoms with Crippen molar-refractivity contribution >= 4 is 39.7 Å². The van der Waals surface area contributed by atoms with Crippen LogP contribution in [0.15, 0.2) is 4.70 Å². The van der Waals surface area contributed by atoms with Crippen molar-refractivity contribution in [3.05, 3.63) is 4.91 Å². The normalized spacial score (nSPS) is 5.57. The maximum atomic E-state index is 8.98. The Labute approximate surface area is 54.6 Å². The van der Waals surface area contributed by atoms with Crippen LogP contribution in [0.4, 0.5) is 4.79 Å². The van der Waals surface area contributed by atoms with Gasteiger partial charge in [0, 0.05) is 4.70 Å². The molecule has 0 aliphatic heterocycles. The molecule has 0 aromatic heterocycles. The molecule has 6 heteroatoms. The summed E-state index contributed by atoms with van der Waals surface area (Å²) >= 11 is 12.9. The topological polar surface area (TPSA) is 46.5 Å². The number of carbonyl (C=O) groups is 1. The molecule has 0 aliphatic rings. The lowest BCUT2D eigenvalue weighted by atomic mass is 11.8. The first-order valence-electron chi connectivity index (χ1n) is 0.934. The zero-order valence-electron chi connectivity index (χ0n) is 2.90. The van der Waals surface area contributed by atoms with Crippen LogP contribution in [0.1, 0.15) is 0 Å². The van der Waals surface area contributed by atoms with Crippen molar-refractivity contribution in [1.29, 1.82) is 0 Å². The van der Waals surface area contributed by atoms with E-state index in [4.69, 9.17) is 9.70 Å².